The fourth-order valence-electron chi connectivity index (χ4n) is 1.49. The fourth-order valence-corrected chi connectivity index (χ4v) is 2.26. The first kappa shape index (κ1) is 10.9. The van der Waals surface area contributed by atoms with E-state index < -0.39 is 11.9 Å². The summed E-state index contributed by atoms with van der Waals surface area (Å²) in [5, 5.41) is 0.572. The van der Waals surface area contributed by atoms with E-state index in [9.17, 15) is 9.59 Å². The van der Waals surface area contributed by atoms with Crippen molar-refractivity contribution in [3.05, 3.63) is 11.3 Å². The van der Waals surface area contributed by atoms with E-state index in [0.717, 1.165) is 11.5 Å². The summed E-state index contributed by atoms with van der Waals surface area (Å²) in [6.07, 6.45) is 1.33. The van der Waals surface area contributed by atoms with E-state index in [1.807, 2.05) is 0 Å². The van der Waals surface area contributed by atoms with Crippen LogP contribution in [0.1, 0.15) is 23.0 Å². The Hall–Kier alpha value is -1.56. The Labute approximate surface area is 96.3 Å². The zero-order chi connectivity index (χ0) is 11.7. The van der Waals surface area contributed by atoms with Crippen LogP contribution in [0.25, 0.3) is 0 Å². The maximum absolute atomic E-state index is 12.0. The van der Waals surface area contributed by atoms with Gasteiger partial charge in [-0.3, -0.25) is 9.59 Å². The maximum atomic E-state index is 12.0. The topological polar surface area (TPSA) is 68.6 Å². The van der Waals surface area contributed by atoms with E-state index in [0.29, 0.717) is 16.3 Å². The molecule has 5 nitrogen and oxygen atoms in total. The van der Waals surface area contributed by atoms with Crippen molar-refractivity contribution >= 4 is 34.5 Å². The van der Waals surface area contributed by atoms with E-state index in [1.54, 1.807) is 13.8 Å². The number of ether oxygens (including phenoxy) is 1. The second kappa shape index (κ2) is 4.13. The number of aliphatic imine (C=N–C) groups is 1. The molecule has 0 bridgehead atoms. The van der Waals surface area contributed by atoms with Gasteiger partial charge in [-0.1, -0.05) is 0 Å². The number of hydrogen-bond donors (Lipinski definition) is 0. The lowest BCUT2D eigenvalue weighted by Crippen LogP contribution is -2.29. The Morgan fingerprint density at radius 3 is 3.06 bits per heavy atom. The minimum Gasteiger partial charge on any atom is -0.465 e. The third kappa shape index (κ3) is 1.65. The molecule has 0 aromatic carbocycles. The Morgan fingerprint density at radius 2 is 2.38 bits per heavy atom. The molecule has 6 heteroatoms. The van der Waals surface area contributed by atoms with Crippen molar-refractivity contribution in [3.8, 4) is 0 Å². The van der Waals surface area contributed by atoms with Crippen molar-refractivity contribution in [1.82, 2.24) is 4.37 Å². The van der Waals surface area contributed by atoms with Crippen LogP contribution in [-0.4, -0.2) is 28.9 Å². The van der Waals surface area contributed by atoms with Gasteiger partial charge in [-0.25, -0.2) is 4.99 Å². The molecular weight excluding hydrogens is 228 g/mol. The average molecular weight is 238 g/mol. The summed E-state index contributed by atoms with van der Waals surface area (Å²) >= 11 is 1.16. The molecule has 16 heavy (non-hydrogen) atoms. The van der Waals surface area contributed by atoms with Gasteiger partial charge in [0.25, 0.3) is 0 Å². The number of carbonyl (C=O) groups excluding carboxylic acids is 2. The summed E-state index contributed by atoms with van der Waals surface area (Å²) in [4.78, 5) is 27.5. The lowest BCUT2D eigenvalue weighted by atomic mass is 9.97. The highest BCUT2D eigenvalue weighted by Gasteiger charge is 2.34. The molecule has 0 radical (unpaired) electrons. The Balaban J connectivity index is 2.33. The number of hydrogen-bond acceptors (Lipinski definition) is 6. The van der Waals surface area contributed by atoms with Gasteiger partial charge in [0.1, 0.15) is 5.00 Å². The van der Waals surface area contributed by atoms with Crippen LogP contribution in [0, 0.1) is 12.8 Å². The number of aromatic nitrogens is 1. The van der Waals surface area contributed by atoms with Gasteiger partial charge in [-0.05, 0) is 25.4 Å². The second-order valence-corrected chi connectivity index (χ2v) is 4.07. The molecular formula is C10H10N2O3S. The smallest absolute Gasteiger partial charge is 0.322 e. The first-order valence-electron chi connectivity index (χ1n) is 4.86. The summed E-state index contributed by atoms with van der Waals surface area (Å²) in [6, 6.07) is 0. The normalized spacial score (nSPS) is 18.4. The summed E-state index contributed by atoms with van der Waals surface area (Å²) in [6.45, 7) is 3.69. The van der Waals surface area contributed by atoms with Crippen LogP contribution in [-0.2, 0) is 9.53 Å². The molecule has 1 aromatic rings. The SMILES string of the molecule is CCOC(=O)C1C=Nc2snc(C)c2C1=O. The van der Waals surface area contributed by atoms with Crippen LogP contribution in [0.15, 0.2) is 4.99 Å². The van der Waals surface area contributed by atoms with Crippen LogP contribution in [0.5, 0.6) is 0 Å². The van der Waals surface area contributed by atoms with Crippen LogP contribution >= 0.6 is 11.5 Å². The van der Waals surface area contributed by atoms with Gasteiger partial charge in [0.2, 0.25) is 0 Å². The van der Waals surface area contributed by atoms with Crippen molar-refractivity contribution < 1.29 is 14.3 Å². The molecule has 0 fully saturated rings. The molecule has 2 heterocycles. The third-order valence-corrected chi connectivity index (χ3v) is 3.10. The number of carbonyl (C=O) groups is 2. The summed E-state index contributed by atoms with van der Waals surface area (Å²) in [5.74, 6) is -1.73. The Bertz CT molecular complexity index is 478. The first-order chi connectivity index (χ1) is 7.65. The number of nitrogens with zero attached hydrogens (tertiary/aromatic N) is 2. The Kier molecular flexibility index (Phi) is 2.82. The van der Waals surface area contributed by atoms with Crippen molar-refractivity contribution in [2.75, 3.05) is 6.61 Å². The molecule has 1 aliphatic rings. The van der Waals surface area contributed by atoms with Gasteiger partial charge >= 0.3 is 5.97 Å². The van der Waals surface area contributed by atoms with Crippen LogP contribution in [0.2, 0.25) is 0 Å². The van der Waals surface area contributed by atoms with Gasteiger partial charge in [-0.2, -0.15) is 4.37 Å². The highest BCUT2D eigenvalue weighted by Crippen LogP contribution is 2.32. The predicted molar refractivity (Wildman–Crippen MR) is 59.5 cm³/mol. The number of esters is 1. The molecule has 84 valence electrons. The molecule has 0 N–H and O–H groups in total. The standard InChI is InChI=1S/C10H10N2O3S/c1-3-15-10(14)6-4-11-9-7(8(6)13)5(2)12-16-9/h4,6H,3H2,1-2H3. The molecule has 2 rings (SSSR count). The molecule has 0 saturated heterocycles. The van der Waals surface area contributed by atoms with E-state index in [-0.39, 0.29) is 12.4 Å². The minimum absolute atomic E-state index is 0.254. The molecule has 0 amide bonds. The number of ketones is 1. The van der Waals surface area contributed by atoms with Gasteiger partial charge < -0.3 is 4.74 Å². The molecule has 0 spiro atoms. The molecule has 0 saturated carbocycles. The second-order valence-electron chi connectivity index (χ2n) is 3.32. The van der Waals surface area contributed by atoms with Crippen LogP contribution in [0.3, 0.4) is 0 Å². The van der Waals surface area contributed by atoms with Crippen molar-refractivity contribution in [2.45, 2.75) is 13.8 Å². The lowest BCUT2D eigenvalue weighted by Gasteiger charge is -2.13. The molecule has 1 unspecified atom stereocenters. The Morgan fingerprint density at radius 1 is 1.62 bits per heavy atom. The quantitative estimate of drug-likeness (QED) is 0.578. The van der Waals surface area contributed by atoms with E-state index >= 15 is 0 Å². The van der Waals surface area contributed by atoms with E-state index in [4.69, 9.17) is 4.74 Å². The monoisotopic (exact) mass is 238 g/mol. The predicted octanol–water partition coefficient (Wildman–Crippen LogP) is 1.53. The lowest BCUT2D eigenvalue weighted by molar-refractivity contribution is -0.143. The van der Waals surface area contributed by atoms with Crippen LogP contribution < -0.4 is 0 Å². The number of aryl methyl sites for hydroxylation is 1. The molecule has 1 atom stereocenters. The summed E-state index contributed by atoms with van der Waals surface area (Å²) in [5.41, 5.74) is 1.07. The third-order valence-electron chi connectivity index (χ3n) is 2.25. The summed E-state index contributed by atoms with van der Waals surface area (Å²) < 4.78 is 8.86. The fraction of sp³-hybridized carbons (Fsp3) is 0.400. The number of rotatable bonds is 2. The van der Waals surface area contributed by atoms with Crippen LogP contribution in [0.4, 0.5) is 5.00 Å². The first-order valence-corrected chi connectivity index (χ1v) is 5.63. The highest BCUT2D eigenvalue weighted by atomic mass is 32.1. The maximum Gasteiger partial charge on any atom is 0.322 e. The zero-order valence-electron chi connectivity index (χ0n) is 8.89. The van der Waals surface area contributed by atoms with Gasteiger partial charge in [0.15, 0.2) is 11.7 Å². The molecule has 1 aromatic heterocycles. The van der Waals surface area contributed by atoms with Crippen molar-refractivity contribution in [3.63, 3.8) is 0 Å². The average Bonchev–Trinajstić information content (AvgIpc) is 2.62. The zero-order valence-corrected chi connectivity index (χ0v) is 9.71. The molecule has 1 aliphatic heterocycles. The minimum atomic E-state index is -0.914. The number of Topliss-reactive ketones (excluding diaryl/α,β-unsaturated/α-hetero) is 1. The van der Waals surface area contributed by atoms with Gasteiger partial charge in [-0.15, -0.1) is 0 Å². The highest BCUT2D eigenvalue weighted by molar-refractivity contribution is 7.10. The summed E-state index contributed by atoms with van der Waals surface area (Å²) in [7, 11) is 0. The van der Waals surface area contributed by atoms with Gasteiger partial charge in [0, 0.05) is 6.21 Å². The van der Waals surface area contributed by atoms with Gasteiger partial charge in [0.05, 0.1) is 17.9 Å². The number of fused-ring (bicyclic) bond motifs is 1. The van der Waals surface area contributed by atoms with Crippen molar-refractivity contribution in [1.29, 1.82) is 0 Å². The molecule has 0 aliphatic carbocycles. The van der Waals surface area contributed by atoms with Crippen molar-refractivity contribution in [2.24, 2.45) is 10.9 Å². The largest absolute Gasteiger partial charge is 0.465 e. The van der Waals surface area contributed by atoms with E-state index in [1.165, 1.54) is 6.21 Å². The van der Waals surface area contributed by atoms with E-state index in [2.05, 4.69) is 9.37 Å².